The van der Waals surface area contributed by atoms with Gasteiger partial charge >= 0.3 is 0 Å². The van der Waals surface area contributed by atoms with Crippen LogP contribution in [0.15, 0.2) is 60.8 Å². The Hall–Kier alpha value is -1.30. The van der Waals surface area contributed by atoms with E-state index in [4.69, 9.17) is 0 Å². The van der Waals surface area contributed by atoms with Gasteiger partial charge < -0.3 is 0 Å². The Morgan fingerprint density at radius 2 is 1.00 bits per heavy atom. The molecule has 1 rings (SSSR count). The highest BCUT2D eigenvalue weighted by Gasteiger charge is 1.77. The van der Waals surface area contributed by atoms with Gasteiger partial charge in [0.1, 0.15) is 0 Å². The van der Waals surface area contributed by atoms with Crippen molar-refractivity contribution in [3.8, 4) is 0 Å². The van der Waals surface area contributed by atoms with Crippen LogP contribution in [0.25, 0.3) is 0 Å². The van der Waals surface area contributed by atoms with Crippen molar-refractivity contribution in [2.75, 3.05) is 0 Å². The Labute approximate surface area is 87.0 Å². The molecule has 1 aliphatic rings. The first-order valence-corrected chi connectivity index (χ1v) is 5.28. The van der Waals surface area contributed by atoms with Crippen LogP contribution in [0, 0.1) is 0 Å². The van der Waals surface area contributed by atoms with E-state index in [2.05, 4.69) is 60.8 Å². The van der Waals surface area contributed by atoms with Crippen molar-refractivity contribution in [2.45, 2.75) is 25.7 Å². The number of rotatable bonds is 0. The highest BCUT2D eigenvalue weighted by Crippen LogP contribution is 1.97. The van der Waals surface area contributed by atoms with Crippen LogP contribution < -0.4 is 0 Å². The van der Waals surface area contributed by atoms with Crippen molar-refractivity contribution in [2.24, 2.45) is 0 Å². The lowest BCUT2D eigenvalue weighted by molar-refractivity contribution is 1.04. The van der Waals surface area contributed by atoms with Gasteiger partial charge in [-0.2, -0.15) is 0 Å². The minimum absolute atomic E-state index is 1.03. The van der Waals surface area contributed by atoms with Crippen molar-refractivity contribution < 1.29 is 0 Å². The quantitative estimate of drug-likeness (QED) is 0.494. The van der Waals surface area contributed by atoms with Gasteiger partial charge in [-0.3, -0.25) is 0 Å². The molecule has 0 heterocycles. The van der Waals surface area contributed by atoms with Gasteiger partial charge in [-0.25, -0.2) is 0 Å². The van der Waals surface area contributed by atoms with Gasteiger partial charge in [0.05, 0.1) is 0 Å². The first kappa shape index (κ1) is 10.8. The average Bonchev–Trinajstić information content (AvgIpc) is 2.22. The van der Waals surface area contributed by atoms with Gasteiger partial charge in [0, 0.05) is 0 Å². The SMILES string of the molecule is C1=C/C=C/CC/C=C\C/C=C/CC=C1. The maximum atomic E-state index is 2.25. The third-order valence-corrected chi connectivity index (χ3v) is 1.98. The predicted octanol–water partition coefficient (Wildman–Crippen LogP) is 4.34. The molecule has 0 aromatic heterocycles. The molecule has 0 spiro atoms. The second-order valence-electron chi connectivity index (χ2n) is 3.23. The molecule has 14 heavy (non-hydrogen) atoms. The summed E-state index contributed by atoms with van der Waals surface area (Å²) in [5.74, 6) is 0. The smallest absolute Gasteiger partial charge is 0.0166 e. The normalized spacial score (nSPS) is 25.1. The molecular weight excluding hydrogens is 168 g/mol. The summed E-state index contributed by atoms with van der Waals surface area (Å²) in [6.45, 7) is 0. The zero-order valence-corrected chi connectivity index (χ0v) is 8.60. The Kier molecular flexibility index (Phi) is 6.39. The Morgan fingerprint density at radius 3 is 1.86 bits per heavy atom. The van der Waals surface area contributed by atoms with Crippen molar-refractivity contribution in [3.05, 3.63) is 60.8 Å². The fraction of sp³-hybridized carbons (Fsp3) is 0.286. The van der Waals surface area contributed by atoms with Crippen molar-refractivity contribution >= 4 is 0 Å². The topological polar surface area (TPSA) is 0 Å². The molecule has 0 saturated heterocycles. The standard InChI is InChI=1S/C14H18/c1-2-4-6-8-10-12-14-13-11-9-7-5-3-1/h1-6,9,11-12,14H,7-8,10,13H2/b2-1?,5-3?,6-4+,11-9+,14-12-. The summed E-state index contributed by atoms with van der Waals surface area (Å²) in [6.07, 6.45) is 26.0. The molecule has 0 heteroatoms. The Morgan fingerprint density at radius 1 is 0.429 bits per heavy atom. The van der Waals surface area contributed by atoms with Gasteiger partial charge in [0.25, 0.3) is 0 Å². The second kappa shape index (κ2) is 8.31. The average molecular weight is 186 g/mol. The van der Waals surface area contributed by atoms with Gasteiger partial charge in [0.2, 0.25) is 0 Å². The molecule has 1 aliphatic carbocycles. The zero-order valence-electron chi connectivity index (χ0n) is 8.60. The van der Waals surface area contributed by atoms with Gasteiger partial charge in [-0.15, -0.1) is 0 Å². The van der Waals surface area contributed by atoms with Crippen molar-refractivity contribution in [3.63, 3.8) is 0 Å². The predicted molar refractivity (Wildman–Crippen MR) is 64.2 cm³/mol. The Balaban J connectivity index is 2.45. The van der Waals surface area contributed by atoms with Crippen LogP contribution in [-0.4, -0.2) is 0 Å². The van der Waals surface area contributed by atoms with Crippen LogP contribution >= 0.6 is 0 Å². The van der Waals surface area contributed by atoms with E-state index in [-0.39, 0.29) is 0 Å². The second-order valence-corrected chi connectivity index (χ2v) is 3.23. The van der Waals surface area contributed by atoms with Crippen molar-refractivity contribution in [1.82, 2.24) is 0 Å². The molecule has 0 radical (unpaired) electrons. The highest BCUT2D eigenvalue weighted by atomic mass is 13.8. The number of hydrogen-bond acceptors (Lipinski definition) is 0. The molecule has 0 bridgehead atoms. The fourth-order valence-electron chi connectivity index (χ4n) is 1.22. The monoisotopic (exact) mass is 186 g/mol. The lowest BCUT2D eigenvalue weighted by Crippen LogP contribution is -1.66. The van der Waals surface area contributed by atoms with Crippen molar-refractivity contribution in [1.29, 1.82) is 0 Å². The van der Waals surface area contributed by atoms with E-state index in [1.54, 1.807) is 0 Å². The van der Waals surface area contributed by atoms with E-state index in [9.17, 15) is 0 Å². The summed E-state index contributed by atoms with van der Waals surface area (Å²) in [7, 11) is 0. The lowest BCUT2D eigenvalue weighted by Gasteiger charge is -1.87. The van der Waals surface area contributed by atoms with Crippen LogP contribution in [0.2, 0.25) is 0 Å². The first-order valence-electron chi connectivity index (χ1n) is 5.28. The van der Waals surface area contributed by atoms with E-state index in [1.165, 1.54) is 0 Å². The first-order chi connectivity index (χ1) is 7.00. The molecule has 0 aliphatic heterocycles. The molecule has 0 fully saturated rings. The molecule has 0 unspecified atom stereocenters. The summed E-state index contributed by atoms with van der Waals surface area (Å²) in [5.41, 5.74) is 0. The van der Waals surface area contributed by atoms with E-state index in [1.807, 2.05) is 0 Å². The summed E-state index contributed by atoms with van der Waals surface area (Å²) in [4.78, 5) is 0. The molecule has 0 aromatic rings. The minimum Gasteiger partial charge on any atom is -0.0879 e. The number of hydrogen-bond donors (Lipinski definition) is 0. The summed E-state index contributed by atoms with van der Waals surface area (Å²) < 4.78 is 0. The lowest BCUT2D eigenvalue weighted by atomic mass is 10.2. The van der Waals surface area contributed by atoms with Crippen LogP contribution in [0.5, 0.6) is 0 Å². The molecule has 0 amide bonds. The summed E-state index contributed by atoms with van der Waals surface area (Å²) in [5, 5.41) is 0. The molecule has 0 N–H and O–H groups in total. The largest absolute Gasteiger partial charge is 0.0879 e. The van der Waals surface area contributed by atoms with E-state index in [0.717, 1.165) is 25.7 Å². The van der Waals surface area contributed by atoms with Crippen LogP contribution in [0.3, 0.4) is 0 Å². The molecule has 0 atom stereocenters. The summed E-state index contributed by atoms with van der Waals surface area (Å²) >= 11 is 0. The van der Waals surface area contributed by atoms with Gasteiger partial charge in [-0.1, -0.05) is 60.8 Å². The van der Waals surface area contributed by atoms with E-state index < -0.39 is 0 Å². The minimum atomic E-state index is 1.03. The molecule has 0 nitrogen and oxygen atoms in total. The number of allylic oxidation sites excluding steroid dienone is 10. The van der Waals surface area contributed by atoms with E-state index in [0.29, 0.717) is 0 Å². The maximum Gasteiger partial charge on any atom is -0.0166 e. The van der Waals surface area contributed by atoms with Crippen LogP contribution in [0.1, 0.15) is 25.7 Å². The summed E-state index contributed by atoms with van der Waals surface area (Å²) in [6, 6.07) is 0. The molecule has 0 saturated carbocycles. The third-order valence-electron chi connectivity index (χ3n) is 1.98. The van der Waals surface area contributed by atoms with Gasteiger partial charge in [-0.05, 0) is 25.7 Å². The van der Waals surface area contributed by atoms with E-state index >= 15 is 0 Å². The van der Waals surface area contributed by atoms with Crippen LogP contribution in [-0.2, 0) is 0 Å². The highest BCUT2D eigenvalue weighted by molar-refractivity contribution is 5.12. The third kappa shape index (κ3) is 6.24. The maximum absolute atomic E-state index is 2.25. The fourth-order valence-corrected chi connectivity index (χ4v) is 1.22. The van der Waals surface area contributed by atoms with Crippen LogP contribution in [0.4, 0.5) is 0 Å². The molecular formula is C14H18. The zero-order chi connectivity index (χ0) is 9.90. The molecule has 0 aromatic carbocycles. The van der Waals surface area contributed by atoms with Gasteiger partial charge in [0.15, 0.2) is 0 Å². The molecule has 74 valence electrons. The Bertz CT molecular complexity index is 262.